The molecule has 7 rings (SSSR count). The molecule has 2 N–H and O–H groups in total. The molecule has 0 radical (unpaired) electrons. The van der Waals surface area contributed by atoms with Crippen LogP contribution in [0.5, 0.6) is 0 Å². The van der Waals surface area contributed by atoms with Gasteiger partial charge >= 0.3 is 12.1 Å². The number of thiophene rings is 1. The van der Waals surface area contributed by atoms with Gasteiger partial charge in [0.15, 0.2) is 23.1 Å². The van der Waals surface area contributed by atoms with E-state index in [1.165, 1.54) is 17.5 Å². The Morgan fingerprint density at radius 2 is 1.88 bits per heavy atom. The molecule has 3 fully saturated rings. The predicted octanol–water partition coefficient (Wildman–Crippen LogP) is 6.48. The fourth-order valence-electron chi connectivity index (χ4n) is 5.85. The van der Waals surface area contributed by atoms with Crippen LogP contribution in [0.1, 0.15) is 32.6 Å². The van der Waals surface area contributed by atoms with E-state index in [4.69, 9.17) is 37.4 Å². The van der Waals surface area contributed by atoms with Crippen molar-refractivity contribution in [2.75, 3.05) is 18.7 Å². The number of aromatic amines is 1. The summed E-state index contributed by atoms with van der Waals surface area (Å²) in [5, 5.41) is 3.43. The van der Waals surface area contributed by atoms with Crippen LogP contribution >= 0.6 is 34.5 Å². The zero-order valence-corrected chi connectivity index (χ0v) is 24.6. The summed E-state index contributed by atoms with van der Waals surface area (Å²) < 4.78 is 31.5. The first-order valence-corrected chi connectivity index (χ1v) is 15.0. The first-order chi connectivity index (χ1) is 20.3. The summed E-state index contributed by atoms with van der Waals surface area (Å²) in [6.45, 7) is 1.20. The second-order valence-corrected chi connectivity index (χ2v) is 12.1. The number of anilines is 1. The highest BCUT2D eigenvalue weighted by atomic mass is 35.5. The second kappa shape index (κ2) is 12.0. The minimum absolute atomic E-state index is 0.0218. The molecule has 0 unspecified atom stereocenters. The van der Waals surface area contributed by atoms with Gasteiger partial charge in [-0.3, -0.25) is 4.79 Å². The number of ether oxygens (including phenoxy) is 3. The first-order valence-electron chi connectivity index (χ1n) is 13.4. The van der Waals surface area contributed by atoms with Gasteiger partial charge in [-0.15, -0.1) is 11.3 Å². The molecular weight excluding hydrogens is 610 g/mol. The number of fused-ring (bicyclic) bond motifs is 4. The number of hydrogen-bond acceptors (Lipinski definition) is 11. The van der Waals surface area contributed by atoms with E-state index in [-0.39, 0.29) is 40.9 Å². The fraction of sp³-hybridized carbons (Fsp3) is 0.407. The topological polar surface area (TPSA) is 141 Å². The molecule has 4 heterocycles. The number of nitrogens with one attached hydrogen (secondary N) is 2. The molecule has 4 aromatic rings. The molecule has 0 spiro atoms. The number of carbonyl (C=O) groups is 2. The number of rotatable bonds is 8. The third kappa shape index (κ3) is 5.60. The number of halogens is 3. The van der Waals surface area contributed by atoms with E-state index in [1.807, 2.05) is 0 Å². The standard InChI is InChI=1S/C27H25Cl2FN6O5S/c1-2-39-27(38)41-11-40-26(37)18-12-3-5-13(6-4-12)20(18)34-24-19(30)22(15-7-8-17(29)42-15)35-23(36-24)14-9-31-25-21(14)33-16(28)10-32-25/h7-10,12-13,18,20H,2-6,11H2,1H3,(H,31,32)(H,34,35,36)/t12?,13?,18-,20-/m1/s1. The van der Waals surface area contributed by atoms with Crippen LogP contribution in [0.3, 0.4) is 0 Å². The van der Waals surface area contributed by atoms with Gasteiger partial charge in [0.05, 0.1) is 33.5 Å². The lowest BCUT2D eigenvalue weighted by molar-refractivity contribution is -0.164. The summed E-state index contributed by atoms with van der Waals surface area (Å²) >= 11 is 13.5. The summed E-state index contributed by atoms with van der Waals surface area (Å²) in [5.74, 6) is -1.60. The monoisotopic (exact) mass is 634 g/mol. The smallest absolute Gasteiger partial charge is 0.435 e. The van der Waals surface area contributed by atoms with Crippen LogP contribution in [0.4, 0.5) is 15.0 Å². The summed E-state index contributed by atoms with van der Waals surface area (Å²) in [5.41, 5.74) is 1.42. The van der Waals surface area contributed by atoms with Crippen molar-refractivity contribution in [3.8, 4) is 22.0 Å². The van der Waals surface area contributed by atoms with Crippen LogP contribution < -0.4 is 5.32 Å². The predicted molar refractivity (Wildman–Crippen MR) is 154 cm³/mol. The molecule has 0 aliphatic heterocycles. The van der Waals surface area contributed by atoms with Crippen LogP contribution in [0.15, 0.2) is 24.5 Å². The van der Waals surface area contributed by atoms with Crippen LogP contribution in [-0.4, -0.2) is 56.5 Å². The van der Waals surface area contributed by atoms with Gasteiger partial charge < -0.3 is 24.5 Å². The minimum atomic E-state index is -0.926. The maximum absolute atomic E-state index is 16.2. The van der Waals surface area contributed by atoms with E-state index in [0.717, 1.165) is 25.7 Å². The van der Waals surface area contributed by atoms with Gasteiger partial charge in [0.25, 0.3) is 0 Å². The number of hydrogen-bond donors (Lipinski definition) is 2. The lowest BCUT2D eigenvalue weighted by Gasteiger charge is -2.47. The van der Waals surface area contributed by atoms with Crippen molar-refractivity contribution < 1.29 is 28.2 Å². The summed E-state index contributed by atoms with van der Waals surface area (Å²) in [4.78, 5) is 46.0. The van der Waals surface area contributed by atoms with Gasteiger partial charge in [-0.25, -0.2) is 29.1 Å². The van der Waals surface area contributed by atoms with Crippen LogP contribution in [0.25, 0.3) is 33.1 Å². The van der Waals surface area contributed by atoms with Gasteiger partial charge in [0.1, 0.15) is 16.4 Å². The van der Waals surface area contributed by atoms with Gasteiger partial charge in [0.2, 0.25) is 6.79 Å². The van der Waals surface area contributed by atoms with Crippen molar-refractivity contribution in [2.45, 2.75) is 38.6 Å². The Bertz CT molecular complexity index is 1640. The minimum Gasteiger partial charge on any atom is -0.435 e. The summed E-state index contributed by atoms with van der Waals surface area (Å²) in [6, 6.07) is 2.88. The molecule has 2 atom stereocenters. The van der Waals surface area contributed by atoms with Gasteiger partial charge in [-0.1, -0.05) is 23.2 Å². The van der Waals surface area contributed by atoms with Gasteiger partial charge in [-0.05, 0) is 56.6 Å². The van der Waals surface area contributed by atoms with Crippen molar-refractivity contribution in [3.05, 3.63) is 39.8 Å². The third-order valence-corrected chi connectivity index (χ3v) is 9.10. The SMILES string of the molecule is CCOC(=O)OCOC(=O)[C@@H]1C2CCC(CC2)[C@H]1Nc1nc(-c2c[nH]c3ncc(Cl)nc23)nc(-c2ccc(Cl)s2)c1F. The summed E-state index contributed by atoms with van der Waals surface area (Å²) in [6.07, 6.45) is 5.54. The molecule has 3 saturated carbocycles. The van der Waals surface area contributed by atoms with Crippen molar-refractivity contribution in [2.24, 2.45) is 17.8 Å². The number of carbonyl (C=O) groups excluding carboxylic acids is 2. The number of H-pyrrole nitrogens is 1. The van der Waals surface area contributed by atoms with Crippen molar-refractivity contribution in [3.63, 3.8) is 0 Å². The average molecular weight is 636 g/mol. The largest absolute Gasteiger partial charge is 0.511 e. The highest BCUT2D eigenvalue weighted by molar-refractivity contribution is 7.19. The normalized spacial score (nSPS) is 21.3. The summed E-state index contributed by atoms with van der Waals surface area (Å²) in [7, 11) is 0. The molecule has 4 aromatic heterocycles. The van der Waals surface area contributed by atoms with E-state index in [9.17, 15) is 9.59 Å². The Morgan fingerprint density at radius 3 is 2.62 bits per heavy atom. The first kappa shape index (κ1) is 28.6. The Labute approximate surface area is 253 Å². The molecule has 0 amide bonds. The van der Waals surface area contributed by atoms with Crippen LogP contribution in [0, 0.1) is 23.6 Å². The maximum atomic E-state index is 16.2. The highest BCUT2D eigenvalue weighted by Crippen LogP contribution is 2.47. The molecule has 0 saturated heterocycles. The van der Waals surface area contributed by atoms with E-state index in [0.29, 0.717) is 25.9 Å². The maximum Gasteiger partial charge on any atom is 0.511 e. The average Bonchev–Trinajstić information content (AvgIpc) is 3.60. The molecule has 11 nitrogen and oxygen atoms in total. The zero-order valence-electron chi connectivity index (χ0n) is 22.2. The molecule has 42 heavy (non-hydrogen) atoms. The number of nitrogens with zero attached hydrogens (tertiary/aromatic N) is 4. The quantitative estimate of drug-likeness (QED) is 0.163. The lowest BCUT2D eigenvalue weighted by atomic mass is 9.61. The second-order valence-electron chi connectivity index (χ2n) is 10.0. The number of aromatic nitrogens is 5. The van der Waals surface area contributed by atoms with E-state index >= 15 is 4.39 Å². The van der Waals surface area contributed by atoms with Crippen molar-refractivity contribution in [1.29, 1.82) is 0 Å². The lowest BCUT2D eigenvalue weighted by Crippen LogP contribution is -2.52. The van der Waals surface area contributed by atoms with E-state index in [2.05, 4.69) is 30.2 Å². The van der Waals surface area contributed by atoms with E-state index < -0.39 is 36.7 Å². The number of esters is 1. The van der Waals surface area contributed by atoms with Crippen LogP contribution in [-0.2, 0) is 19.0 Å². The van der Waals surface area contributed by atoms with Crippen LogP contribution in [0.2, 0.25) is 9.49 Å². The van der Waals surface area contributed by atoms with E-state index in [1.54, 1.807) is 25.3 Å². The molecule has 2 bridgehead atoms. The molecule has 0 aromatic carbocycles. The highest BCUT2D eigenvalue weighted by Gasteiger charge is 2.48. The Kier molecular flexibility index (Phi) is 8.15. The van der Waals surface area contributed by atoms with Gasteiger partial charge in [-0.2, -0.15) is 0 Å². The molecule has 3 aliphatic carbocycles. The Hall–Kier alpha value is -3.55. The Balaban J connectivity index is 1.36. The molecule has 220 valence electrons. The van der Waals surface area contributed by atoms with Crippen molar-refractivity contribution in [1.82, 2.24) is 24.9 Å². The Morgan fingerprint density at radius 1 is 1.10 bits per heavy atom. The molecule has 15 heteroatoms. The third-order valence-electron chi connectivity index (χ3n) is 7.68. The van der Waals surface area contributed by atoms with Crippen molar-refractivity contribution >= 4 is 63.6 Å². The van der Waals surface area contributed by atoms with Gasteiger partial charge in [0, 0.05) is 12.2 Å². The zero-order chi connectivity index (χ0) is 29.4. The molecular formula is C27H25Cl2FN6O5S. The molecule has 3 aliphatic rings. The fourth-order valence-corrected chi connectivity index (χ4v) is 7.01.